The van der Waals surface area contributed by atoms with Crippen LogP contribution in [-0.4, -0.2) is 39.8 Å². The smallest absolute Gasteiger partial charge is 0.275 e. The molecular formula is C19H23N7OS. The second-order valence-electron chi connectivity index (χ2n) is 7.02. The van der Waals surface area contributed by atoms with Crippen molar-refractivity contribution in [2.24, 2.45) is 12.8 Å². The van der Waals surface area contributed by atoms with Crippen LogP contribution in [0.15, 0.2) is 36.0 Å². The van der Waals surface area contributed by atoms with E-state index in [0.717, 1.165) is 42.2 Å². The molecule has 1 amide bonds. The molecular weight excluding hydrogens is 374 g/mol. The maximum absolute atomic E-state index is 12.8. The second kappa shape index (κ2) is 7.61. The largest absolute Gasteiger partial charge is 0.399 e. The molecule has 0 aliphatic carbocycles. The quantitative estimate of drug-likeness (QED) is 0.582. The number of aryl methyl sites for hydroxylation is 1. The number of hydrogen-bond acceptors (Lipinski definition) is 7. The van der Waals surface area contributed by atoms with E-state index in [-0.39, 0.29) is 11.9 Å². The predicted octanol–water partition coefficient (Wildman–Crippen LogP) is 2.31. The summed E-state index contributed by atoms with van der Waals surface area (Å²) in [5.74, 6) is -0.264. The Labute approximate surface area is 167 Å². The number of nitrogens with one attached hydrogen (secondary N) is 1. The Morgan fingerprint density at radius 3 is 3.00 bits per heavy atom. The minimum absolute atomic E-state index is 0.135. The van der Waals surface area contributed by atoms with Gasteiger partial charge < -0.3 is 21.7 Å². The van der Waals surface area contributed by atoms with Gasteiger partial charge in [-0.3, -0.25) is 9.48 Å². The van der Waals surface area contributed by atoms with Crippen molar-refractivity contribution in [3.63, 3.8) is 0 Å². The Morgan fingerprint density at radius 1 is 1.39 bits per heavy atom. The summed E-state index contributed by atoms with van der Waals surface area (Å²) in [6.07, 6.45) is 5.65. The number of piperidine rings is 1. The second-order valence-corrected chi connectivity index (χ2v) is 7.88. The molecule has 2 aromatic heterocycles. The molecule has 0 spiro atoms. The lowest BCUT2D eigenvalue weighted by Gasteiger charge is -2.34. The van der Waals surface area contributed by atoms with Gasteiger partial charge in [-0.1, -0.05) is 0 Å². The first-order valence-corrected chi connectivity index (χ1v) is 10.0. The van der Waals surface area contributed by atoms with E-state index in [1.54, 1.807) is 22.3 Å². The number of aromatic nitrogens is 3. The van der Waals surface area contributed by atoms with Gasteiger partial charge in [0, 0.05) is 49.0 Å². The summed E-state index contributed by atoms with van der Waals surface area (Å²) in [4.78, 5) is 19.5. The highest BCUT2D eigenvalue weighted by atomic mass is 32.1. The fourth-order valence-electron chi connectivity index (χ4n) is 3.39. The fourth-order valence-corrected chi connectivity index (χ4v) is 4.16. The van der Waals surface area contributed by atoms with E-state index in [1.807, 2.05) is 25.4 Å². The molecule has 0 bridgehead atoms. The summed E-state index contributed by atoms with van der Waals surface area (Å²) < 4.78 is 1.71. The molecule has 3 heterocycles. The van der Waals surface area contributed by atoms with Crippen LogP contribution >= 0.6 is 11.3 Å². The monoisotopic (exact) mass is 397 g/mol. The Balaban J connectivity index is 1.56. The average Bonchev–Trinajstić information content (AvgIpc) is 3.31. The summed E-state index contributed by atoms with van der Waals surface area (Å²) in [7, 11) is 1.85. The topological polar surface area (TPSA) is 115 Å². The number of nitrogens with zero attached hydrogens (tertiary/aromatic N) is 4. The van der Waals surface area contributed by atoms with Gasteiger partial charge in [-0.05, 0) is 31.0 Å². The third-order valence-corrected chi connectivity index (χ3v) is 5.65. The van der Waals surface area contributed by atoms with Crippen LogP contribution < -0.4 is 21.7 Å². The summed E-state index contributed by atoms with van der Waals surface area (Å²) in [5.41, 5.74) is 15.5. The molecule has 0 saturated carbocycles. The summed E-state index contributed by atoms with van der Waals surface area (Å²) in [5, 5.41) is 9.63. The average molecular weight is 398 g/mol. The molecule has 8 nitrogen and oxygen atoms in total. The lowest BCUT2D eigenvalue weighted by molar-refractivity contribution is 0.102. The lowest BCUT2D eigenvalue weighted by atomic mass is 10.1. The Hall–Kier alpha value is -2.91. The zero-order valence-electron chi connectivity index (χ0n) is 15.6. The van der Waals surface area contributed by atoms with Crippen molar-refractivity contribution >= 4 is 34.3 Å². The van der Waals surface area contributed by atoms with Crippen molar-refractivity contribution in [2.45, 2.75) is 18.9 Å². The third-order valence-electron chi connectivity index (χ3n) is 4.76. The van der Waals surface area contributed by atoms with E-state index >= 15 is 0 Å². The zero-order chi connectivity index (χ0) is 19.7. The molecule has 1 aromatic carbocycles. The first-order valence-electron chi connectivity index (χ1n) is 9.15. The highest BCUT2D eigenvalue weighted by molar-refractivity contribution is 7.13. The number of nitrogens with two attached hydrogens (primary N) is 2. The van der Waals surface area contributed by atoms with Gasteiger partial charge in [0.05, 0.1) is 17.6 Å². The van der Waals surface area contributed by atoms with Crippen molar-refractivity contribution in [2.75, 3.05) is 29.0 Å². The van der Waals surface area contributed by atoms with E-state index in [2.05, 4.69) is 20.3 Å². The van der Waals surface area contributed by atoms with Crippen molar-refractivity contribution < 1.29 is 4.79 Å². The fraction of sp³-hybridized carbons (Fsp3) is 0.316. The predicted molar refractivity (Wildman–Crippen MR) is 113 cm³/mol. The summed E-state index contributed by atoms with van der Waals surface area (Å²) in [6.45, 7) is 1.66. The first-order chi connectivity index (χ1) is 13.5. The normalized spacial score (nSPS) is 16.9. The molecule has 3 aromatic rings. The Morgan fingerprint density at radius 2 is 2.25 bits per heavy atom. The van der Waals surface area contributed by atoms with Gasteiger partial charge in [-0.15, -0.1) is 11.3 Å². The van der Waals surface area contributed by atoms with E-state index < -0.39 is 0 Å². The van der Waals surface area contributed by atoms with Crippen molar-refractivity contribution in [1.82, 2.24) is 14.8 Å². The number of rotatable bonds is 4. The van der Waals surface area contributed by atoms with Crippen molar-refractivity contribution in [3.8, 4) is 10.6 Å². The molecule has 0 radical (unpaired) electrons. The molecule has 1 aliphatic rings. The van der Waals surface area contributed by atoms with Gasteiger partial charge in [0.2, 0.25) is 0 Å². The number of thiazole rings is 1. The van der Waals surface area contributed by atoms with Crippen LogP contribution in [-0.2, 0) is 7.05 Å². The van der Waals surface area contributed by atoms with Crippen LogP contribution in [0.5, 0.6) is 0 Å². The van der Waals surface area contributed by atoms with E-state index in [1.165, 1.54) is 11.3 Å². The summed E-state index contributed by atoms with van der Waals surface area (Å²) in [6, 6.07) is 5.69. The molecule has 1 saturated heterocycles. The van der Waals surface area contributed by atoms with Gasteiger partial charge in [0.15, 0.2) is 0 Å². The number of carbonyl (C=O) groups excluding carboxylic acids is 1. The first kappa shape index (κ1) is 18.5. The zero-order valence-corrected chi connectivity index (χ0v) is 16.4. The lowest BCUT2D eigenvalue weighted by Crippen LogP contribution is -2.43. The van der Waals surface area contributed by atoms with Crippen molar-refractivity contribution in [3.05, 3.63) is 41.7 Å². The van der Waals surface area contributed by atoms with Crippen LogP contribution in [0.2, 0.25) is 0 Å². The number of carbonyl (C=O) groups is 1. The molecule has 9 heteroatoms. The van der Waals surface area contributed by atoms with Crippen LogP contribution in [0, 0.1) is 0 Å². The van der Waals surface area contributed by atoms with Gasteiger partial charge >= 0.3 is 0 Å². The Bertz CT molecular complexity index is 996. The number of benzene rings is 1. The minimum Gasteiger partial charge on any atom is -0.399 e. The Kier molecular flexibility index (Phi) is 5.01. The van der Waals surface area contributed by atoms with Crippen LogP contribution in [0.1, 0.15) is 23.3 Å². The maximum Gasteiger partial charge on any atom is 0.275 e. The molecule has 146 valence electrons. The number of nitrogen functional groups attached to an aromatic ring is 1. The standard InChI is InChI=1S/C19H23N7OS/c1-25-9-12(8-22-25)19-24-16(11-28-19)18(27)23-15-7-13(20)4-5-17(15)26-6-2-3-14(21)10-26/h4-5,7-9,11,14H,2-3,6,10,20-21H2,1H3,(H,23,27)/t14-/m1/s1. The van der Waals surface area contributed by atoms with E-state index in [9.17, 15) is 4.79 Å². The molecule has 0 unspecified atom stereocenters. The van der Waals surface area contributed by atoms with Crippen molar-refractivity contribution in [1.29, 1.82) is 0 Å². The van der Waals surface area contributed by atoms with Crippen LogP contribution in [0.3, 0.4) is 0 Å². The molecule has 28 heavy (non-hydrogen) atoms. The van der Waals surface area contributed by atoms with Gasteiger partial charge in [-0.2, -0.15) is 5.10 Å². The molecule has 5 N–H and O–H groups in total. The highest BCUT2D eigenvalue weighted by Crippen LogP contribution is 2.31. The van der Waals surface area contributed by atoms with Gasteiger partial charge in [-0.25, -0.2) is 4.98 Å². The molecule has 4 rings (SSSR count). The van der Waals surface area contributed by atoms with E-state index in [0.29, 0.717) is 17.1 Å². The molecule has 1 fully saturated rings. The summed E-state index contributed by atoms with van der Waals surface area (Å²) >= 11 is 1.41. The maximum atomic E-state index is 12.8. The van der Waals surface area contributed by atoms with Crippen LogP contribution in [0.4, 0.5) is 17.1 Å². The number of hydrogen-bond donors (Lipinski definition) is 3. The molecule has 1 aliphatic heterocycles. The SMILES string of the molecule is Cn1cc(-c2nc(C(=O)Nc3cc(N)ccc3N3CCC[C@@H](N)C3)cs2)cn1. The van der Waals surface area contributed by atoms with Crippen LogP contribution in [0.25, 0.3) is 10.6 Å². The molecule has 1 atom stereocenters. The van der Waals surface area contributed by atoms with Gasteiger partial charge in [0.25, 0.3) is 5.91 Å². The highest BCUT2D eigenvalue weighted by Gasteiger charge is 2.21. The minimum atomic E-state index is -0.264. The number of amides is 1. The van der Waals surface area contributed by atoms with Gasteiger partial charge in [0.1, 0.15) is 10.7 Å². The number of anilines is 3. The third kappa shape index (κ3) is 3.85. The van der Waals surface area contributed by atoms with E-state index in [4.69, 9.17) is 11.5 Å².